The molecule has 8 atom stereocenters. The summed E-state index contributed by atoms with van der Waals surface area (Å²) in [6.45, 7) is 8.13. The zero-order chi connectivity index (χ0) is 18.9. The molecule has 4 heteroatoms. The number of ketones is 2. The third-order valence-corrected chi connectivity index (χ3v) is 8.75. The van der Waals surface area contributed by atoms with Gasteiger partial charge in [0.25, 0.3) is 0 Å². The molecule has 144 valence electrons. The molecule has 0 spiro atoms. The van der Waals surface area contributed by atoms with E-state index in [1.165, 1.54) is 13.3 Å². The van der Waals surface area contributed by atoms with Crippen LogP contribution in [-0.2, 0) is 19.1 Å². The van der Waals surface area contributed by atoms with E-state index < -0.39 is 6.10 Å². The zero-order valence-corrected chi connectivity index (χ0v) is 16.5. The molecular formula is C22H32O4. The Morgan fingerprint density at radius 3 is 2.38 bits per heavy atom. The van der Waals surface area contributed by atoms with Crippen LogP contribution in [0.1, 0.15) is 72.6 Å². The molecular weight excluding hydrogens is 328 g/mol. The Morgan fingerprint density at radius 2 is 1.69 bits per heavy atom. The molecule has 0 unspecified atom stereocenters. The summed E-state index contributed by atoms with van der Waals surface area (Å²) in [5, 5.41) is 0. The number of rotatable bonds is 1. The third-order valence-electron chi connectivity index (χ3n) is 8.75. The van der Waals surface area contributed by atoms with Crippen LogP contribution >= 0.6 is 0 Å². The van der Waals surface area contributed by atoms with E-state index in [9.17, 15) is 14.4 Å². The molecule has 26 heavy (non-hydrogen) atoms. The van der Waals surface area contributed by atoms with Crippen molar-refractivity contribution in [1.82, 2.24) is 0 Å². The van der Waals surface area contributed by atoms with Crippen LogP contribution in [0.15, 0.2) is 0 Å². The minimum absolute atomic E-state index is 0.0605. The molecule has 4 aliphatic carbocycles. The first kappa shape index (κ1) is 18.2. The Labute approximate surface area is 156 Å². The number of hydrogen-bond donors (Lipinski definition) is 0. The second-order valence-corrected chi connectivity index (χ2v) is 10.2. The van der Waals surface area contributed by atoms with E-state index >= 15 is 0 Å². The van der Waals surface area contributed by atoms with E-state index in [2.05, 4.69) is 20.8 Å². The lowest BCUT2D eigenvalue weighted by Crippen LogP contribution is -2.57. The topological polar surface area (TPSA) is 60.4 Å². The minimum atomic E-state index is -0.613. The van der Waals surface area contributed by atoms with Crippen molar-refractivity contribution in [3.05, 3.63) is 0 Å². The van der Waals surface area contributed by atoms with Gasteiger partial charge in [-0.25, -0.2) is 0 Å². The Kier molecular flexibility index (Phi) is 4.13. The number of hydrogen-bond acceptors (Lipinski definition) is 4. The second kappa shape index (κ2) is 5.90. The monoisotopic (exact) mass is 360 g/mol. The number of fused-ring (bicyclic) bond motifs is 5. The molecule has 4 saturated carbocycles. The normalized spacial score (nSPS) is 50.6. The Morgan fingerprint density at radius 1 is 1.00 bits per heavy atom. The molecule has 4 rings (SSSR count). The smallest absolute Gasteiger partial charge is 0.303 e. The summed E-state index contributed by atoms with van der Waals surface area (Å²) < 4.78 is 5.47. The van der Waals surface area contributed by atoms with Gasteiger partial charge in [0, 0.05) is 31.1 Å². The molecule has 0 bridgehead atoms. The summed E-state index contributed by atoms with van der Waals surface area (Å²) in [6, 6.07) is 0. The van der Waals surface area contributed by atoms with Gasteiger partial charge in [0.1, 0.15) is 5.78 Å². The number of carbonyl (C=O) groups is 3. The molecule has 0 N–H and O–H groups in total. The molecule has 4 nitrogen and oxygen atoms in total. The molecule has 0 aromatic heterocycles. The van der Waals surface area contributed by atoms with Crippen LogP contribution in [0.2, 0.25) is 0 Å². The average molecular weight is 360 g/mol. The third kappa shape index (κ3) is 2.43. The van der Waals surface area contributed by atoms with Crippen LogP contribution < -0.4 is 0 Å². The summed E-state index contributed by atoms with van der Waals surface area (Å²) in [7, 11) is 0. The molecule has 0 heterocycles. The van der Waals surface area contributed by atoms with Gasteiger partial charge in [-0.05, 0) is 54.8 Å². The maximum atomic E-state index is 13.1. The highest BCUT2D eigenvalue weighted by atomic mass is 16.5. The Balaban J connectivity index is 1.66. The van der Waals surface area contributed by atoms with Crippen molar-refractivity contribution in [3.63, 3.8) is 0 Å². The first-order chi connectivity index (χ1) is 12.2. The van der Waals surface area contributed by atoms with Crippen LogP contribution in [-0.4, -0.2) is 23.6 Å². The Hall–Kier alpha value is -1.19. The van der Waals surface area contributed by atoms with Gasteiger partial charge in [-0.2, -0.15) is 0 Å². The summed E-state index contributed by atoms with van der Waals surface area (Å²) >= 11 is 0. The first-order valence-electron chi connectivity index (χ1n) is 10.4. The van der Waals surface area contributed by atoms with E-state index in [-0.39, 0.29) is 40.3 Å². The summed E-state index contributed by atoms with van der Waals surface area (Å²) in [5.41, 5.74) is -0.203. The summed E-state index contributed by atoms with van der Waals surface area (Å²) in [4.78, 5) is 37.3. The second-order valence-electron chi connectivity index (χ2n) is 10.2. The maximum Gasteiger partial charge on any atom is 0.303 e. The molecule has 0 saturated heterocycles. The summed E-state index contributed by atoms with van der Waals surface area (Å²) in [6.07, 6.45) is 5.84. The van der Waals surface area contributed by atoms with Crippen molar-refractivity contribution in [2.75, 3.05) is 0 Å². The SMILES string of the molecule is CC(=O)O[C@@H]1C(=O)C[C@@H]2[C@H]3CC(=O)[C@@H]4C[C@@H](C)CC[C@@]4(C)[C@@H]3CC[C@@]12C. The van der Waals surface area contributed by atoms with Gasteiger partial charge in [-0.15, -0.1) is 0 Å². The lowest BCUT2D eigenvalue weighted by atomic mass is 9.44. The highest BCUT2D eigenvalue weighted by Gasteiger charge is 2.64. The number of Topliss-reactive ketones (excluding diaryl/α,β-unsaturated/α-hetero) is 2. The predicted octanol–water partition coefficient (Wildman–Crippen LogP) is 3.95. The van der Waals surface area contributed by atoms with E-state index in [0.717, 1.165) is 25.7 Å². The number of esters is 1. The molecule has 0 radical (unpaired) electrons. The zero-order valence-electron chi connectivity index (χ0n) is 16.5. The lowest BCUT2D eigenvalue weighted by Gasteiger charge is -2.59. The molecule has 0 amide bonds. The fourth-order valence-electron chi connectivity index (χ4n) is 7.35. The lowest BCUT2D eigenvalue weighted by molar-refractivity contribution is -0.169. The van der Waals surface area contributed by atoms with E-state index in [1.54, 1.807) is 0 Å². The van der Waals surface area contributed by atoms with Gasteiger partial charge in [0.15, 0.2) is 11.9 Å². The fourth-order valence-corrected chi connectivity index (χ4v) is 7.35. The van der Waals surface area contributed by atoms with Gasteiger partial charge >= 0.3 is 5.97 Å². The fraction of sp³-hybridized carbons (Fsp3) is 0.864. The van der Waals surface area contributed by atoms with E-state index in [1.807, 2.05) is 0 Å². The quantitative estimate of drug-likeness (QED) is 0.664. The van der Waals surface area contributed by atoms with Crippen molar-refractivity contribution in [3.8, 4) is 0 Å². The van der Waals surface area contributed by atoms with Crippen molar-refractivity contribution >= 4 is 17.5 Å². The van der Waals surface area contributed by atoms with Crippen LogP contribution in [0.4, 0.5) is 0 Å². The molecule has 4 aliphatic rings. The first-order valence-corrected chi connectivity index (χ1v) is 10.4. The van der Waals surface area contributed by atoms with E-state index in [0.29, 0.717) is 30.5 Å². The highest BCUT2D eigenvalue weighted by molar-refractivity contribution is 5.89. The van der Waals surface area contributed by atoms with Crippen LogP contribution in [0.3, 0.4) is 0 Å². The predicted molar refractivity (Wildman–Crippen MR) is 97.2 cm³/mol. The van der Waals surface area contributed by atoms with Gasteiger partial charge in [0.05, 0.1) is 0 Å². The maximum absolute atomic E-state index is 13.1. The number of carbonyl (C=O) groups excluding carboxylic acids is 3. The van der Waals surface area contributed by atoms with Gasteiger partial charge in [-0.3, -0.25) is 14.4 Å². The van der Waals surface area contributed by atoms with Crippen molar-refractivity contribution < 1.29 is 19.1 Å². The number of ether oxygens (including phenoxy) is 1. The van der Waals surface area contributed by atoms with Gasteiger partial charge in [-0.1, -0.05) is 27.2 Å². The van der Waals surface area contributed by atoms with Crippen molar-refractivity contribution in [1.29, 1.82) is 0 Å². The average Bonchev–Trinajstić information content (AvgIpc) is 2.81. The van der Waals surface area contributed by atoms with Gasteiger partial charge in [0.2, 0.25) is 0 Å². The molecule has 0 aromatic carbocycles. The molecule has 0 aromatic rings. The largest absolute Gasteiger partial charge is 0.454 e. The molecule has 0 aliphatic heterocycles. The van der Waals surface area contributed by atoms with Gasteiger partial charge < -0.3 is 4.74 Å². The van der Waals surface area contributed by atoms with Crippen molar-refractivity contribution in [2.45, 2.75) is 78.7 Å². The van der Waals surface area contributed by atoms with E-state index in [4.69, 9.17) is 4.74 Å². The standard InChI is InChI=1S/C22H32O4/c1-12-5-7-21(3)15-6-8-22(4)16(11-19(25)20(22)26-13(2)23)14(15)10-18(24)17(21)9-12/h12,14-17,20H,5-11H2,1-4H3/t12-,14-,15+,16+,17-,20+,21-,22+/m0/s1. The highest BCUT2D eigenvalue weighted by Crippen LogP contribution is 2.65. The van der Waals surface area contributed by atoms with Crippen LogP contribution in [0, 0.1) is 40.4 Å². The van der Waals surface area contributed by atoms with Crippen molar-refractivity contribution in [2.24, 2.45) is 40.4 Å². The summed E-state index contributed by atoms with van der Waals surface area (Å²) in [5.74, 6) is 1.94. The van der Waals surface area contributed by atoms with Crippen LogP contribution in [0.25, 0.3) is 0 Å². The Bertz CT molecular complexity index is 655. The minimum Gasteiger partial charge on any atom is -0.454 e. The van der Waals surface area contributed by atoms with Crippen LogP contribution in [0.5, 0.6) is 0 Å². The molecule has 4 fully saturated rings.